The Morgan fingerprint density at radius 3 is 2.07 bits per heavy atom. The molecule has 1 rings (SSSR count). The first-order chi connectivity index (χ1) is 7.30. The maximum atomic E-state index is 11.3. The van der Waals surface area contributed by atoms with Gasteiger partial charge in [-0.3, -0.25) is 4.79 Å². The largest absolute Gasteiger partial charge is 0.295 e. The van der Waals surface area contributed by atoms with Crippen molar-refractivity contribution in [2.24, 2.45) is 0 Å². The fraction of sp³-hybridized carbons (Fsp3) is 0.500. The lowest BCUT2D eigenvalue weighted by molar-refractivity contribution is -0.113. The molecule has 0 aromatic rings. The van der Waals surface area contributed by atoms with Crippen LogP contribution in [0.1, 0.15) is 45.4 Å². The SMILES string of the molecule is CC(=O)/C1=C\CC/C=C/CC/C=C\CC1. The Bertz CT molecular complexity index is 282. The Morgan fingerprint density at radius 1 is 0.933 bits per heavy atom. The van der Waals surface area contributed by atoms with Crippen molar-refractivity contribution in [1.82, 2.24) is 0 Å². The number of hydrogen-bond donors (Lipinski definition) is 0. The lowest BCUT2D eigenvalue weighted by Gasteiger charge is -2.01. The van der Waals surface area contributed by atoms with Gasteiger partial charge in [0.15, 0.2) is 5.78 Å². The zero-order chi connectivity index (χ0) is 10.9. The van der Waals surface area contributed by atoms with Crippen LogP contribution in [0.5, 0.6) is 0 Å². The molecule has 1 heteroatoms. The first-order valence-corrected chi connectivity index (χ1v) is 5.80. The highest BCUT2D eigenvalue weighted by Gasteiger charge is 2.01. The maximum absolute atomic E-state index is 11.3. The summed E-state index contributed by atoms with van der Waals surface area (Å²) in [5, 5.41) is 0. The fourth-order valence-corrected chi connectivity index (χ4v) is 1.68. The standard InChI is InChI=1S/C14H20O/c1-13(15)14-11-9-7-5-3-2-4-6-8-10-12-14/h3,5-6,8,11H,2,4,7,9-10,12H2,1H3/b5-3+,8-6-,14-11-. The van der Waals surface area contributed by atoms with Crippen molar-refractivity contribution in [3.63, 3.8) is 0 Å². The Labute approximate surface area is 92.6 Å². The van der Waals surface area contributed by atoms with Gasteiger partial charge in [0.25, 0.3) is 0 Å². The molecule has 0 radical (unpaired) electrons. The van der Waals surface area contributed by atoms with Crippen LogP contribution < -0.4 is 0 Å². The molecular formula is C14H20O. The van der Waals surface area contributed by atoms with Crippen LogP contribution in [0, 0.1) is 0 Å². The molecule has 0 bridgehead atoms. The molecule has 0 atom stereocenters. The molecule has 0 amide bonds. The third-order valence-electron chi connectivity index (χ3n) is 2.59. The van der Waals surface area contributed by atoms with Gasteiger partial charge in [0.2, 0.25) is 0 Å². The van der Waals surface area contributed by atoms with Crippen LogP contribution in [0.3, 0.4) is 0 Å². The Morgan fingerprint density at radius 2 is 1.47 bits per heavy atom. The lowest BCUT2D eigenvalue weighted by Crippen LogP contribution is -1.96. The predicted octanol–water partition coefficient (Wildman–Crippen LogP) is 3.97. The number of allylic oxidation sites excluding steroid dienone is 6. The zero-order valence-electron chi connectivity index (χ0n) is 9.54. The van der Waals surface area contributed by atoms with Gasteiger partial charge < -0.3 is 0 Å². The van der Waals surface area contributed by atoms with Crippen LogP contribution in [0.4, 0.5) is 0 Å². The fourth-order valence-electron chi connectivity index (χ4n) is 1.68. The van der Waals surface area contributed by atoms with E-state index in [0.29, 0.717) is 0 Å². The van der Waals surface area contributed by atoms with E-state index in [4.69, 9.17) is 0 Å². The summed E-state index contributed by atoms with van der Waals surface area (Å²) in [5.41, 5.74) is 0.994. The summed E-state index contributed by atoms with van der Waals surface area (Å²) in [7, 11) is 0. The van der Waals surface area contributed by atoms with Crippen molar-refractivity contribution >= 4 is 5.78 Å². The van der Waals surface area contributed by atoms with Crippen LogP contribution in [-0.4, -0.2) is 5.78 Å². The number of ketones is 1. The zero-order valence-corrected chi connectivity index (χ0v) is 9.54. The van der Waals surface area contributed by atoms with Gasteiger partial charge in [-0.25, -0.2) is 0 Å². The second kappa shape index (κ2) is 7.22. The van der Waals surface area contributed by atoms with E-state index in [0.717, 1.165) is 44.1 Å². The monoisotopic (exact) mass is 204 g/mol. The van der Waals surface area contributed by atoms with Gasteiger partial charge in [0.1, 0.15) is 0 Å². The van der Waals surface area contributed by atoms with Crippen molar-refractivity contribution in [2.75, 3.05) is 0 Å². The summed E-state index contributed by atoms with van der Waals surface area (Å²) in [6.07, 6.45) is 17.1. The Kier molecular flexibility index (Phi) is 5.76. The van der Waals surface area contributed by atoms with Crippen molar-refractivity contribution in [2.45, 2.75) is 45.4 Å². The molecular weight excluding hydrogens is 184 g/mol. The van der Waals surface area contributed by atoms with Gasteiger partial charge in [0.05, 0.1) is 0 Å². The van der Waals surface area contributed by atoms with Crippen molar-refractivity contribution < 1.29 is 4.79 Å². The average Bonchev–Trinajstić information content (AvgIpc) is 2.18. The minimum Gasteiger partial charge on any atom is -0.295 e. The molecule has 1 nitrogen and oxygen atoms in total. The summed E-state index contributed by atoms with van der Waals surface area (Å²) >= 11 is 0. The van der Waals surface area contributed by atoms with Crippen LogP contribution in [-0.2, 0) is 4.79 Å². The quantitative estimate of drug-likeness (QED) is 0.591. The maximum Gasteiger partial charge on any atom is 0.155 e. The molecule has 0 spiro atoms. The van der Waals surface area contributed by atoms with Gasteiger partial charge in [0, 0.05) is 0 Å². The Balaban J connectivity index is 2.59. The summed E-state index contributed by atoms with van der Waals surface area (Å²) in [6.45, 7) is 1.66. The van der Waals surface area contributed by atoms with E-state index in [2.05, 4.69) is 30.4 Å². The number of hydrogen-bond acceptors (Lipinski definition) is 1. The van der Waals surface area contributed by atoms with Crippen molar-refractivity contribution in [1.29, 1.82) is 0 Å². The molecule has 15 heavy (non-hydrogen) atoms. The first kappa shape index (κ1) is 12.0. The summed E-state index contributed by atoms with van der Waals surface area (Å²) in [5.74, 6) is 0.226. The highest BCUT2D eigenvalue weighted by Crippen LogP contribution is 2.11. The molecule has 0 unspecified atom stereocenters. The second-order valence-electron chi connectivity index (χ2n) is 3.92. The average molecular weight is 204 g/mol. The highest BCUT2D eigenvalue weighted by molar-refractivity contribution is 5.93. The van der Waals surface area contributed by atoms with Crippen LogP contribution in [0.25, 0.3) is 0 Å². The third-order valence-corrected chi connectivity index (χ3v) is 2.59. The van der Waals surface area contributed by atoms with Crippen molar-refractivity contribution in [3.8, 4) is 0 Å². The summed E-state index contributed by atoms with van der Waals surface area (Å²) in [6, 6.07) is 0. The Hall–Kier alpha value is -1.11. The van der Waals surface area contributed by atoms with Gasteiger partial charge in [-0.15, -0.1) is 0 Å². The van der Waals surface area contributed by atoms with E-state index < -0.39 is 0 Å². The number of rotatable bonds is 1. The van der Waals surface area contributed by atoms with E-state index >= 15 is 0 Å². The molecule has 0 saturated carbocycles. The molecule has 0 saturated heterocycles. The van der Waals surface area contributed by atoms with Gasteiger partial charge in [-0.05, 0) is 51.0 Å². The minimum atomic E-state index is 0.226. The van der Waals surface area contributed by atoms with Gasteiger partial charge in [-0.2, -0.15) is 0 Å². The molecule has 0 aliphatic heterocycles. The van der Waals surface area contributed by atoms with Crippen LogP contribution >= 0.6 is 0 Å². The van der Waals surface area contributed by atoms with Crippen molar-refractivity contribution in [3.05, 3.63) is 36.0 Å². The van der Waals surface area contributed by atoms with E-state index in [9.17, 15) is 4.79 Å². The topological polar surface area (TPSA) is 17.1 Å². The molecule has 1 aliphatic carbocycles. The van der Waals surface area contributed by atoms with E-state index in [1.54, 1.807) is 6.92 Å². The van der Waals surface area contributed by atoms with E-state index in [-0.39, 0.29) is 5.78 Å². The lowest BCUT2D eigenvalue weighted by atomic mass is 10.0. The minimum absolute atomic E-state index is 0.226. The molecule has 0 N–H and O–H groups in total. The molecule has 82 valence electrons. The van der Waals surface area contributed by atoms with E-state index in [1.807, 2.05) is 0 Å². The molecule has 0 heterocycles. The highest BCUT2D eigenvalue weighted by atomic mass is 16.1. The van der Waals surface area contributed by atoms with Gasteiger partial charge in [-0.1, -0.05) is 30.4 Å². The normalized spacial score (nSPS) is 26.6. The summed E-state index contributed by atoms with van der Waals surface area (Å²) < 4.78 is 0. The second-order valence-corrected chi connectivity index (χ2v) is 3.92. The summed E-state index contributed by atoms with van der Waals surface area (Å²) in [4.78, 5) is 11.3. The number of carbonyl (C=O) groups is 1. The van der Waals surface area contributed by atoms with E-state index in [1.165, 1.54) is 0 Å². The number of Topliss-reactive ketones (excluding diaryl/α,β-unsaturated/α-hetero) is 1. The van der Waals surface area contributed by atoms with Gasteiger partial charge >= 0.3 is 0 Å². The molecule has 1 aliphatic rings. The molecule has 0 aromatic carbocycles. The molecule has 0 fully saturated rings. The first-order valence-electron chi connectivity index (χ1n) is 5.80. The van der Waals surface area contributed by atoms with Crippen LogP contribution in [0.15, 0.2) is 36.0 Å². The molecule has 0 aromatic heterocycles. The smallest absolute Gasteiger partial charge is 0.155 e. The predicted molar refractivity (Wildman–Crippen MR) is 64.7 cm³/mol. The third kappa shape index (κ3) is 5.36. The number of carbonyl (C=O) groups excluding carboxylic acids is 1. The van der Waals surface area contributed by atoms with Crippen LogP contribution in [0.2, 0.25) is 0 Å².